The lowest BCUT2D eigenvalue weighted by atomic mass is 10.2. The van der Waals surface area contributed by atoms with Gasteiger partial charge in [0.05, 0.1) is 0 Å². The summed E-state index contributed by atoms with van der Waals surface area (Å²) in [7, 11) is 0. The van der Waals surface area contributed by atoms with Gasteiger partial charge in [-0.2, -0.15) is 5.10 Å². The van der Waals surface area contributed by atoms with Gasteiger partial charge in [0.25, 0.3) is 0 Å². The molecule has 2 rings (SSSR count). The Kier molecular flexibility index (Phi) is 6.04. The van der Waals surface area contributed by atoms with E-state index in [1.807, 2.05) is 12.1 Å². The highest BCUT2D eigenvalue weighted by Gasteiger charge is 2.15. The van der Waals surface area contributed by atoms with Gasteiger partial charge >= 0.3 is 0 Å². The van der Waals surface area contributed by atoms with Crippen LogP contribution in [0.3, 0.4) is 0 Å². The highest BCUT2D eigenvalue weighted by atomic mass is 15.3. The van der Waals surface area contributed by atoms with Gasteiger partial charge in [0.1, 0.15) is 0 Å². The van der Waals surface area contributed by atoms with Gasteiger partial charge in [-0.15, -0.1) is 5.10 Å². The lowest BCUT2D eigenvalue weighted by Gasteiger charge is -2.22. The number of hydrogen-bond donors (Lipinski definition) is 1. The summed E-state index contributed by atoms with van der Waals surface area (Å²) in [4.78, 5) is 4.90. The minimum absolute atomic E-state index is 0.820. The SMILES string of the molecule is NCCCCCN1CCCN(c2cccnn2)CC1. The van der Waals surface area contributed by atoms with Gasteiger partial charge < -0.3 is 15.5 Å². The Morgan fingerprint density at radius 1 is 1.11 bits per heavy atom. The Labute approximate surface area is 115 Å². The molecule has 1 saturated heterocycles. The molecule has 2 heterocycles. The van der Waals surface area contributed by atoms with Crippen molar-refractivity contribution >= 4 is 5.82 Å². The van der Waals surface area contributed by atoms with E-state index in [2.05, 4.69) is 20.0 Å². The molecule has 5 nitrogen and oxygen atoms in total. The van der Waals surface area contributed by atoms with Crippen molar-refractivity contribution in [3.8, 4) is 0 Å². The number of unbranched alkanes of at least 4 members (excludes halogenated alkanes) is 2. The number of anilines is 1. The highest BCUT2D eigenvalue weighted by molar-refractivity contribution is 5.36. The third-order valence-electron chi connectivity index (χ3n) is 3.65. The molecule has 2 N–H and O–H groups in total. The van der Waals surface area contributed by atoms with Crippen LogP contribution in [0.5, 0.6) is 0 Å². The quantitative estimate of drug-likeness (QED) is 0.779. The molecule has 0 aliphatic carbocycles. The first-order valence-electron chi connectivity index (χ1n) is 7.35. The first-order chi connectivity index (χ1) is 9.40. The predicted octanol–water partition coefficient (Wildman–Crippen LogP) is 1.12. The van der Waals surface area contributed by atoms with E-state index in [1.165, 1.54) is 32.4 Å². The molecule has 0 aromatic carbocycles. The van der Waals surface area contributed by atoms with Gasteiger partial charge in [0.2, 0.25) is 0 Å². The minimum Gasteiger partial charge on any atom is -0.354 e. The normalized spacial score (nSPS) is 17.4. The molecular formula is C14H25N5. The molecule has 106 valence electrons. The maximum atomic E-state index is 5.52. The molecule has 0 radical (unpaired) electrons. The molecule has 0 saturated carbocycles. The maximum Gasteiger partial charge on any atom is 0.151 e. The number of rotatable bonds is 6. The number of hydrogen-bond acceptors (Lipinski definition) is 5. The number of nitrogens with zero attached hydrogens (tertiary/aromatic N) is 4. The van der Waals surface area contributed by atoms with Crippen molar-refractivity contribution in [2.24, 2.45) is 5.73 Å². The van der Waals surface area contributed by atoms with E-state index in [9.17, 15) is 0 Å². The van der Waals surface area contributed by atoms with Crippen LogP contribution in [-0.2, 0) is 0 Å². The first kappa shape index (κ1) is 14.2. The van der Waals surface area contributed by atoms with Gasteiger partial charge in [-0.05, 0) is 51.0 Å². The van der Waals surface area contributed by atoms with E-state index >= 15 is 0 Å². The summed E-state index contributed by atoms with van der Waals surface area (Å²) in [6.07, 6.45) is 6.60. The van der Waals surface area contributed by atoms with Gasteiger partial charge in [0, 0.05) is 25.8 Å². The second-order valence-corrected chi connectivity index (χ2v) is 5.11. The van der Waals surface area contributed by atoms with Crippen LogP contribution in [0.1, 0.15) is 25.7 Å². The van der Waals surface area contributed by atoms with Crippen LogP contribution in [-0.4, -0.2) is 54.4 Å². The summed E-state index contributed by atoms with van der Waals surface area (Å²) in [5.41, 5.74) is 5.52. The molecule has 1 fully saturated rings. The molecule has 1 aromatic heterocycles. The molecular weight excluding hydrogens is 238 g/mol. The van der Waals surface area contributed by atoms with Crippen molar-refractivity contribution in [3.63, 3.8) is 0 Å². The maximum absolute atomic E-state index is 5.52. The van der Waals surface area contributed by atoms with Crippen molar-refractivity contribution in [3.05, 3.63) is 18.3 Å². The lowest BCUT2D eigenvalue weighted by molar-refractivity contribution is 0.286. The molecule has 1 aliphatic rings. The third-order valence-corrected chi connectivity index (χ3v) is 3.65. The van der Waals surface area contributed by atoms with Crippen molar-refractivity contribution < 1.29 is 0 Å². The Hall–Kier alpha value is -1.20. The first-order valence-corrected chi connectivity index (χ1v) is 7.35. The molecule has 0 unspecified atom stereocenters. The Bertz CT molecular complexity index is 343. The summed E-state index contributed by atoms with van der Waals surface area (Å²) in [5.74, 6) is 1.01. The van der Waals surface area contributed by atoms with Gasteiger partial charge in [-0.3, -0.25) is 0 Å². The molecule has 0 atom stereocenters. The summed E-state index contributed by atoms with van der Waals surface area (Å²) in [5, 5.41) is 8.16. The Morgan fingerprint density at radius 3 is 2.84 bits per heavy atom. The van der Waals surface area contributed by atoms with Crippen LogP contribution in [0.4, 0.5) is 5.82 Å². The highest BCUT2D eigenvalue weighted by Crippen LogP contribution is 2.12. The largest absolute Gasteiger partial charge is 0.354 e. The van der Waals surface area contributed by atoms with E-state index in [4.69, 9.17) is 5.73 Å². The fourth-order valence-electron chi connectivity index (χ4n) is 2.54. The van der Waals surface area contributed by atoms with Crippen LogP contribution in [0.15, 0.2) is 18.3 Å². The number of aromatic nitrogens is 2. The summed E-state index contributed by atoms with van der Waals surface area (Å²) < 4.78 is 0. The molecule has 0 amide bonds. The third kappa shape index (κ3) is 4.76. The smallest absolute Gasteiger partial charge is 0.151 e. The van der Waals surface area contributed by atoms with Crippen molar-refractivity contribution in [2.45, 2.75) is 25.7 Å². The van der Waals surface area contributed by atoms with Crippen molar-refractivity contribution in [1.82, 2.24) is 15.1 Å². The van der Waals surface area contributed by atoms with E-state index in [1.54, 1.807) is 6.20 Å². The molecule has 0 spiro atoms. The minimum atomic E-state index is 0.820. The van der Waals surface area contributed by atoms with Crippen LogP contribution in [0.2, 0.25) is 0 Å². The zero-order chi connectivity index (χ0) is 13.3. The average Bonchev–Trinajstić information content (AvgIpc) is 2.70. The fraction of sp³-hybridized carbons (Fsp3) is 0.714. The van der Waals surface area contributed by atoms with E-state index in [0.29, 0.717) is 0 Å². The van der Waals surface area contributed by atoms with E-state index in [-0.39, 0.29) is 0 Å². The zero-order valence-electron chi connectivity index (χ0n) is 11.7. The van der Waals surface area contributed by atoms with Crippen LogP contribution in [0.25, 0.3) is 0 Å². The lowest BCUT2D eigenvalue weighted by Crippen LogP contribution is -2.31. The predicted molar refractivity (Wildman–Crippen MR) is 78.2 cm³/mol. The Balaban J connectivity index is 1.75. The zero-order valence-corrected chi connectivity index (χ0v) is 11.7. The summed E-state index contributed by atoms with van der Waals surface area (Å²) >= 11 is 0. The van der Waals surface area contributed by atoms with Crippen LogP contribution in [0, 0.1) is 0 Å². The molecule has 5 heteroatoms. The van der Waals surface area contributed by atoms with Gasteiger partial charge in [-0.25, -0.2) is 0 Å². The van der Waals surface area contributed by atoms with Gasteiger partial charge in [-0.1, -0.05) is 6.42 Å². The molecule has 0 bridgehead atoms. The van der Waals surface area contributed by atoms with E-state index in [0.717, 1.165) is 38.4 Å². The number of nitrogens with two attached hydrogens (primary N) is 1. The standard InChI is InChI=1S/C14H25N5/c15-7-2-1-3-9-18-10-5-11-19(13-12-18)14-6-4-8-16-17-14/h4,6,8H,1-3,5,7,9-13,15H2. The van der Waals surface area contributed by atoms with Crippen molar-refractivity contribution in [2.75, 3.05) is 44.2 Å². The van der Waals surface area contributed by atoms with Crippen LogP contribution >= 0.6 is 0 Å². The molecule has 1 aliphatic heterocycles. The average molecular weight is 263 g/mol. The molecule has 19 heavy (non-hydrogen) atoms. The van der Waals surface area contributed by atoms with Gasteiger partial charge in [0.15, 0.2) is 5.82 Å². The second kappa shape index (κ2) is 8.07. The topological polar surface area (TPSA) is 58.3 Å². The Morgan fingerprint density at radius 2 is 2.05 bits per heavy atom. The second-order valence-electron chi connectivity index (χ2n) is 5.11. The summed E-state index contributed by atoms with van der Waals surface area (Å²) in [6.45, 7) is 6.47. The summed E-state index contributed by atoms with van der Waals surface area (Å²) in [6, 6.07) is 4.00. The van der Waals surface area contributed by atoms with E-state index < -0.39 is 0 Å². The van der Waals surface area contributed by atoms with Crippen molar-refractivity contribution in [1.29, 1.82) is 0 Å². The fourth-order valence-corrected chi connectivity index (χ4v) is 2.54. The monoisotopic (exact) mass is 263 g/mol. The van der Waals surface area contributed by atoms with Crippen LogP contribution < -0.4 is 10.6 Å². The molecule has 1 aromatic rings.